The molecule has 0 spiro atoms. The van der Waals surface area contributed by atoms with E-state index in [2.05, 4.69) is 62.3 Å². The first-order chi connectivity index (χ1) is 9.52. The summed E-state index contributed by atoms with van der Waals surface area (Å²) in [5.41, 5.74) is 6.04. The molecule has 0 aliphatic rings. The predicted molar refractivity (Wildman–Crippen MR) is 95.9 cm³/mol. The van der Waals surface area contributed by atoms with Gasteiger partial charge in [-0.1, -0.05) is 34.6 Å². The van der Waals surface area contributed by atoms with Crippen LogP contribution in [0, 0.1) is 10.8 Å². The summed E-state index contributed by atoms with van der Waals surface area (Å²) >= 11 is 0. The molecular formula is C19H41NO2. The number of ether oxygens (including phenoxy) is 2. The molecule has 0 saturated carbocycles. The van der Waals surface area contributed by atoms with Gasteiger partial charge in [-0.2, -0.15) is 0 Å². The first-order valence-corrected chi connectivity index (χ1v) is 8.62. The van der Waals surface area contributed by atoms with Gasteiger partial charge in [0.25, 0.3) is 0 Å². The van der Waals surface area contributed by atoms with Crippen LogP contribution >= 0.6 is 0 Å². The maximum absolute atomic E-state index is 6.37. The van der Waals surface area contributed by atoms with Crippen molar-refractivity contribution in [2.45, 2.75) is 106 Å². The lowest BCUT2D eigenvalue weighted by molar-refractivity contribution is -0.0902. The third-order valence-electron chi connectivity index (χ3n) is 3.51. The highest BCUT2D eigenvalue weighted by atomic mass is 16.5. The maximum atomic E-state index is 6.37. The third-order valence-corrected chi connectivity index (χ3v) is 3.51. The Bertz CT molecular complexity index is 321. The molecule has 0 radical (unpaired) electrons. The third kappa shape index (κ3) is 12.4. The van der Waals surface area contributed by atoms with Gasteiger partial charge in [0.05, 0.1) is 11.7 Å². The molecule has 0 heterocycles. The molecule has 22 heavy (non-hydrogen) atoms. The zero-order chi connectivity index (χ0) is 17.8. The molecule has 3 nitrogen and oxygen atoms in total. The lowest BCUT2D eigenvalue weighted by Crippen LogP contribution is -2.44. The first kappa shape index (κ1) is 21.9. The summed E-state index contributed by atoms with van der Waals surface area (Å²) < 4.78 is 12.0. The van der Waals surface area contributed by atoms with Crippen LogP contribution in [0.4, 0.5) is 0 Å². The molecule has 3 heteroatoms. The van der Waals surface area contributed by atoms with E-state index in [0.29, 0.717) is 6.61 Å². The minimum atomic E-state index is -0.587. The topological polar surface area (TPSA) is 44.5 Å². The van der Waals surface area contributed by atoms with Crippen molar-refractivity contribution >= 4 is 0 Å². The van der Waals surface area contributed by atoms with Crippen molar-refractivity contribution in [3.05, 3.63) is 0 Å². The maximum Gasteiger partial charge on any atom is 0.114 e. The van der Waals surface area contributed by atoms with Crippen molar-refractivity contribution in [2.24, 2.45) is 16.6 Å². The minimum Gasteiger partial charge on any atom is -0.373 e. The van der Waals surface area contributed by atoms with Crippen LogP contribution in [-0.2, 0) is 9.47 Å². The van der Waals surface area contributed by atoms with E-state index in [4.69, 9.17) is 15.2 Å². The average molecular weight is 316 g/mol. The van der Waals surface area contributed by atoms with Crippen LogP contribution in [0.25, 0.3) is 0 Å². The molecule has 2 N–H and O–H groups in total. The van der Waals surface area contributed by atoms with Crippen molar-refractivity contribution in [1.82, 2.24) is 0 Å². The van der Waals surface area contributed by atoms with E-state index in [9.17, 15) is 0 Å². The molecular weight excluding hydrogens is 274 g/mol. The Morgan fingerprint density at radius 2 is 1.41 bits per heavy atom. The molecule has 134 valence electrons. The van der Waals surface area contributed by atoms with Crippen LogP contribution < -0.4 is 5.73 Å². The van der Waals surface area contributed by atoms with Gasteiger partial charge < -0.3 is 15.2 Å². The molecule has 0 fully saturated rings. The van der Waals surface area contributed by atoms with Crippen LogP contribution in [0.2, 0.25) is 0 Å². The standard InChI is InChI=1S/C19H41NO2/c1-15(22-17(5,6)7)13-18(8,9)14-19(10,20)21-12-11-16(2,3)4/h15H,11-14,20H2,1-10H3. The van der Waals surface area contributed by atoms with Crippen LogP contribution in [0.15, 0.2) is 0 Å². The Balaban J connectivity index is 4.42. The molecule has 0 aromatic carbocycles. The van der Waals surface area contributed by atoms with E-state index in [-0.39, 0.29) is 22.5 Å². The molecule has 0 aliphatic heterocycles. The quantitative estimate of drug-likeness (QED) is 0.632. The van der Waals surface area contributed by atoms with Gasteiger partial charge in [0, 0.05) is 6.61 Å². The summed E-state index contributed by atoms with van der Waals surface area (Å²) in [5, 5.41) is 0. The van der Waals surface area contributed by atoms with Gasteiger partial charge in [0.2, 0.25) is 0 Å². The number of rotatable bonds is 8. The molecule has 0 amide bonds. The van der Waals surface area contributed by atoms with Crippen LogP contribution in [0.3, 0.4) is 0 Å². The fourth-order valence-electron chi connectivity index (χ4n) is 3.09. The lowest BCUT2D eigenvalue weighted by Gasteiger charge is -2.38. The van der Waals surface area contributed by atoms with E-state index >= 15 is 0 Å². The van der Waals surface area contributed by atoms with Crippen LogP contribution in [0.5, 0.6) is 0 Å². The summed E-state index contributed by atoms with van der Waals surface area (Å²) in [7, 11) is 0. The normalized spacial score (nSPS) is 18.1. The fourth-order valence-corrected chi connectivity index (χ4v) is 3.09. The first-order valence-electron chi connectivity index (χ1n) is 8.62. The Kier molecular flexibility index (Phi) is 7.59. The highest BCUT2D eigenvalue weighted by Gasteiger charge is 2.32. The second kappa shape index (κ2) is 7.63. The molecule has 0 saturated heterocycles. The van der Waals surface area contributed by atoms with E-state index in [0.717, 1.165) is 19.3 Å². The number of hydrogen-bond donors (Lipinski definition) is 1. The monoisotopic (exact) mass is 315 g/mol. The molecule has 0 aromatic rings. The zero-order valence-corrected chi connectivity index (χ0v) is 16.8. The summed E-state index contributed by atoms with van der Waals surface area (Å²) in [5.74, 6) is 0. The van der Waals surface area contributed by atoms with Crippen LogP contribution in [-0.4, -0.2) is 24.0 Å². The van der Waals surface area contributed by atoms with E-state index in [1.54, 1.807) is 0 Å². The Morgan fingerprint density at radius 3 is 1.82 bits per heavy atom. The van der Waals surface area contributed by atoms with Crippen molar-refractivity contribution in [3.8, 4) is 0 Å². The Hall–Kier alpha value is -0.120. The molecule has 0 aromatic heterocycles. The van der Waals surface area contributed by atoms with Gasteiger partial charge in [0.1, 0.15) is 5.72 Å². The number of hydrogen-bond acceptors (Lipinski definition) is 3. The smallest absolute Gasteiger partial charge is 0.114 e. The van der Waals surface area contributed by atoms with Gasteiger partial charge in [-0.3, -0.25) is 0 Å². The van der Waals surface area contributed by atoms with E-state index in [1.165, 1.54) is 0 Å². The number of nitrogens with two attached hydrogens (primary N) is 1. The molecule has 2 atom stereocenters. The molecule has 0 rings (SSSR count). The van der Waals surface area contributed by atoms with Gasteiger partial charge in [0.15, 0.2) is 0 Å². The van der Waals surface area contributed by atoms with Crippen molar-refractivity contribution in [3.63, 3.8) is 0 Å². The van der Waals surface area contributed by atoms with Gasteiger partial charge in [-0.25, -0.2) is 0 Å². The molecule has 0 aliphatic carbocycles. The van der Waals surface area contributed by atoms with Gasteiger partial charge in [-0.15, -0.1) is 0 Å². The molecule has 0 bridgehead atoms. The summed E-state index contributed by atoms with van der Waals surface area (Å²) in [6.07, 6.45) is 3.02. The summed E-state index contributed by atoms with van der Waals surface area (Å²) in [6, 6.07) is 0. The highest BCUT2D eigenvalue weighted by Crippen LogP contribution is 2.34. The van der Waals surface area contributed by atoms with Crippen LogP contribution in [0.1, 0.15) is 88.5 Å². The largest absolute Gasteiger partial charge is 0.373 e. The summed E-state index contributed by atoms with van der Waals surface area (Å²) in [6.45, 7) is 22.3. The highest BCUT2D eigenvalue weighted by molar-refractivity contribution is 4.82. The zero-order valence-electron chi connectivity index (χ0n) is 16.8. The van der Waals surface area contributed by atoms with Crippen molar-refractivity contribution in [2.75, 3.05) is 6.61 Å². The Morgan fingerprint density at radius 1 is 0.909 bits per heavy atom. The van der Waals surface area contributed by atoms with E-state index < -0.39 is 5.72 Å². The summed E-state index contributed by atoms with van der Waals surface area (Å²) in [4.78, 5) is 0. The predicted octanol–water partition coefficient (Wildman–Crippen LogP) is 5.12. The average Bonchev–Trinajstić information content (AvgIpc) is 2.06. The SMILES string of the molecule is CC(CC(C)(C)CC(C)(N)OCCC(C)(C)C)OC(C)(C)C. The molecule has 2 unspecified atom stereocenters. The minimum absolute atomic E-state index is 0.0793. The lowest BCUT2D eigenvalue weighted by atomic mass is 9.80. The van der Waals surface area contributed by atoms with Crippen molar-refractivity contribution in [1.29, 1.82) is 0 Å². The second-order valence-corrected chi connectivity index (χ2v) is 10.1. The second-order valence-electron chi connectivity index (χ2n) is 10.1. The fraction of sp³-hybridized carbons (Fsp3) is 1.00. The van der Waals surface area contributed by atoms with Gasteiger partial charge >= 0.3 is 0 Å². The van der Waals surface area contributed by atoms with Crippen molar-refractivity contribution < 1.29 is 9.47 Å². The van der Waals surface area contributed by atoms with E-state index in [1.807, 2.05) is 6.92 Å². The Labute approximate surface area is 139 Å². The van der Waals surface area contributed by atoms with Gasteiger partial charge in [-0.05, 0) is 64.7 Å².